The van der Waals surface area contributed by atoms with Crippen LogP contribution in [0.15, 0.2) is 73.3 Å². The number of hydrogen-bond donors (Lipinski definition) is 0. The van der Waals surface area contributed by atoms with Crippen molar-refractivity contribution in [1.29, 1.82) is 0 Å². The van der Waals surface area contributed by atoms with E-state index < -0.39 is 0 Å². The van der Waals surface area contributed by atoms with E-state index in [1.807, 2.05) is 97.7 Å². The highest BCUT2D eigenvalue weighted by Gasteiger charge is 2.09. The molecule has 0 aliphatic rings. The maximum Gasteiger partial charge on any atom is 0.0895 e. The summed E-state index contributed by atoms with van der Waals surface area (Å²) in [4.78, 5) is 28.5. The molecule has 0 spiro atoms. The quantitative estimate of drug-likeness (QED) is 0.141. The van der Waals surface area contributed by atoms with Crippen molar-refractivity contribution in [2.45, 2.75) is 53.4 Å². The van der Waals surface area contributed by atoms with Gasteiger partial charge < -0.3 is 0 Å². The van der Waals surface area contributed by atoms with Crippen molar-refractivity contribution in [3.05, 3.63) is 141 Å². The van der Waals surface area contributed by atoms with E-state index in [4.69, 9.17) is 9.97 Å². The smallest absolute Gasteiger partial charge is 0.0895 e. The van der Waals surface area contributed by atoms with E-state index in [9.17, 15) is 0 Å². The number of aromatic nitrogens is 6. The topological polar surface area (TPSA) is 77.3 Å². The Morgan fingerprint density at radius 2 is 0.609 bits per heavy atom. The van der Waals surface area contributed by atoms with Crippen LogP contribution < -0.4 is 0 Å². The minimum absolute atomic E-state index is 0.727. The lowest BCUT2D eigenvalue weighted by Gasteiger charge is -2.08. The van der Waals surface area contributed by atoms with Crippen LogP contribution in [-0.4, -0.2) is 29.9 Å². The van der Waals surface area contributed by atoms with Crippen LogP contribution in [0.1, 0.15) is 95.5 Å². The van der Waals surface area contributed by atoms with Crippen molar-refractivity contribution in [3.63, 3.8) is 0 Å². The Labute approximate surface area is 272 Å². The Hall–Kier alpha value is -5.36. The number of hydrogen-bond acceptors (Lipinski definition) is 6. The molecule has 0 atom stereocenters. The first kappa shape index (κ1) is 32.0. The van der Waals surface area contributed by atoms with E-state index in [0.29, 0.717) is 0 Å². The second-order valence-electron chi connectivity index (χ2n) is 10.9. The molecule has 0 aliphatic carbocycles. The van der Waals surface area contributed by atoms with E-state index in [1.54, 1.807) is 0 Å². The highest BCUT2D eigenvalue weighted by atomic mass is 14.8. The molecule has 5 aromatic rings. The average molecular weight is 605 g/mol. The van der Waals surface area contributed by atoms with Crippen LogP contribution in [0.2, 0.25) is 0 Å². The molecular weight excluding hydrogens is 564 g/mol. The molecule has 0 bridgehead atoms. The zero-order valence-electron chi connectivity index (χ0n) is 27.1. The van der Waals surface area contributed by atoms with E-state index in [0.717, 1.165) is 71.2 Å². The number of pyridine rings is 4. The number of nitrogens with zero attached hydrogens (tertiary/aromatic N) is 6. The lowest BCUT2D eigenvalue weighted by molar-refractivity contribution is 1.11. The third-order valence-electron chi connectivity index (χ3n) is 7.67. The lowest BCUT2D eigenvalue weighted by Crippen LogP contribution is -2.00. The van der Waals surface area contributed by atoms with Crippen molar-refractivity contribution < 1.29 is 0 Å². The lowest BCUT2D eigenvalue weighted by atomic mass is 10.1. The molecule has 0 unspecified atom stereocenters. The average Bonchev–Trinajstić information content (AvgIpc) is 3.12. The van der Waals surface area contributed by atoms with Crippen LogP contribution in [-0.2, 0) is 25.7 Å². The zero-order chi connectivity index (χ0) is 32.1. The molecule has 46 heavy (non-hydrogen) atoms. The molecule has 5 rings (SSSR count). The summed E-state index contributed by atoms with van der Waals surface area (Å²) in [6, 6.07) is 16.6. The van der Waals surface area contributed by atoms with E-state index in [1.165, 1.54) is 22.3 Å². The summed E-state index contributed by atoms with van der Waals surface area (Å²) in [5, 5.41) is 0. The molecule has 0 saturated heterocycles. The summed E-state index contributed by atoms with van der Waals surface area (Å²) in [6.45, 7) is 8.57. The monoisotopic (exact) mass is 604 g/mol. The van der Waals surface area contributed by atoms with E-state index in [-0.39, 0.29) is 0 Å². The maximum absolute atomic E-state index is 5.14. The molecule has 6 nitrogen and oxygen atoms in total. The normalized spacial score (nSPS) is 11.9. The Kier molecular flexibility index (Phi) is 11.2. The Balaban J connectivity index is 1.63. The minimum Gasteiger partial charge on any atom is -0.257 e. The van der Waals surface area contributed by atoms with Crippen molar-refractivity contribution in [2.24, 2.45) is 0 Å². The molecule has 0 aromatic carbocycles. The Morgan fingerprint density at radius 1 is 0.370 bits per heavy atom. The SMILES string of the molecule is CCc1ccnc(C=Cc2nc(C=Cc3cc(CC)ccn3)c(C=Cc3cc(CC)ccn3)nc2C=Cc2cc(CC)ccn2)c1. The van der Waals surface area contributed by atoms with Gasteiger partial charge in [-0.3, -0.25) is 19.9 Å². The Bertz CT molecular complexity index is 1630. The van der Waals surface area contributed by atoms with Gasteiger partial charge in [-0.25, -0.2) is 9.97 Å². The van der Waals surface area contributed by atoms with Gasteiger partial charge in [0.1, 0.15) is 0 Å². The van der Waals surface area contributed by atoms with Crippen LogP contribution in [0.4, 0.5) is 0 Å². The highest BCUT2D eigenvalue weighted by Crippen LogP contribution is 2.20. The van der Waals surface area contributed by atoms with Gasteiger partial charge in [0.05, 0.1) is 45.6 Å². The first-order valence-electron chi connectivity index (χ1n) is 16.0. The fourth-order valence-electron chi connectivity index (χ4n) is 4.86. The molecule has 0 saturated carbocycles. The van der Waals surface area contributed by atoms with E-state index in [2.05, 4.69) is 71.9 Å². The van der Waals surface area contributed by atoms with Crippen molar-refractivity contribution in [3.8, 4) is 0 Å². The molecule has 0 aliphatic heterocycles. The largest absolute Gasteiger partial charge is 0.257 e. The van der Waals surface area contributed by atoms with Gasteiger partial charge in [-0.15, -0.1) is 0 Å². The van der Waals surface area contributed by atoms with Crippen LogP contribution in [0.25, 0.3) is 48.6 Å². The molecule has 0 N–H and O–H groups in total. The summed E-state index contributed by atoms with van der Waals surface area (Å²) in [6.07, 6.45) is 27.1. The molecule has 5 heterocycles. The predicted molar refractivity (Wildman–Crippen MR) is 192 cm³/mol. The van der Waals surface area contributed by atoms with Crippen molar-refractivity contribution >= 4 is 48.6 Å². The van der Waals surface area contributed by atoms with E-state index >= 15 is 0 Å². The fourth-order valence-corrected chi connectivity index (χ4v) is 4.86. The van der Waals surface area contributed by atoms with Crippen molar-refractivity contribution in [2.75, 3.05) is 0 Å². The predicted octanol–water partition coefficient (Wildman–Crippen LogP) is 8.99. The summed E-state index contributed by atoms with van der Waals surface area (Å²) < 4.78 is 0. The van der Waals surface area contributed by atoms with Crippen LogP contribution in [0.3, 0.4) is 0 Å². The van der Waals surface area contributed by atoms with Crippen LogP contribution >= 0.6 is 0 Å². The molecular formula is C40H40N6. The summed E-state index contributed by atoms with van der Waals surface area (Å²) >= 11 is 0. The van der Waals surface area contributed by atoms with Crippen LogP contribution in [0.5, 0.6) is 0 Å². The minimum atomic E-state index is 0.727. The second kappa shape index (κ2) is 16.1. The van der Waals surface area contributed by atoms with Gasteiger partial charge >= 0.3 is 0 Å². The summed E-state index contributed by atoms with van der Waals surface area (Å²) in [7, 11) is 0. The molecule has 0 fully saturated rings. The van der Waals surface area contributed by atoms with Crippen LogP contribution in [0, 0.1) is 0 Å². The third-order valence-corrected chi connectivity index (χ3v) is 7.67. The summed E-state index contributed by atoms with van der Waals surface area (Å²) in [5.74, 6) is 0. The zero-order valence-corrected chi connectivity index (χ0v) is 27.1. The maximum atomic E-state index is 5.14. The first-order valence-corrected chi connectivity index (χ1v) is 16.0. The molecule has 230 valence electrons. The van der Waals surface area contributed by atoms with Gasteiger partial charge in [0, 0.05) is 24.8 Å². The third kappa shape index (κ3) is 8.85. The van der Waals surface area contributed by atoms with Gasteiger partial charge in [0.15, 0.2) is 0 Å². The van der Waals surface area contributed by atoms with Gasteiger partial charge in [0.25, 0.3) is 0 Å². The molecule has 0 radical (unpaired) electrons. The first-order chi connectivity index (χ1) is 22.6. The van der Waals surface area contributed by atoms with Gasteiger partial charge in [-0.05, 0) is 145 Å². The molecule has 0 amide bonds. The fraction of sp³-hybridized carbons (Fsp3) is 0.200. The van der Waals surface area contributed by atoms with Gasteiger partial charge in [-0.1, -0.05) is 27.7 Å². The highest BCUT2D eigenvalue weighted by molar-refractivity contribution is 5.80. The standard InChI is InChI=1S/C40H40N6/c1-5-29-17-21-41-33(25-29)9-13-37-38(14-10-34-26-30(6-2)18-22-42-34)46-40(16-12-36-28-32(8-4)20-24-44-36)39(45-37)15-11-35-27-31(7-3)19-23-43-35/h9-28H,5-8H2,1-4H3. The Morgan fingerprint density at radius 3 is 0.826 bits per heavy atom. The summed E-state index contributed by atoms with van der Waals surface area (Å²) in [5.41, 5.74) is 11.3. The second-order valence-corrected chi connectivity index (χ2v) is 10.9. The molecule has 5 aromatic heterocycles. The number of aryl methyl sites for hydroxylation is 4. The van der Waals surface area contributed by atoms with Gasteiger partial charge in [-0.2, -0.15) is 0 Å². The number of rotatable bonds is 12. The molecule has 6 heteroatoms. The van der Waals surface area contributed by atoms with Gasteiger partial charge in [0.2, 0.25) is 0 Å². The van der Waals surface area contributed by atoms with Crippen molar-refractivity contribution in [1.82, 2.24) is 29.9 Å².